The lowest BCUT2D eigenvalue weighted by molar-refractivity contribution is -0.144. The number of Topliss-reactive ketones (excluding diaryl/α,β-unsaturated/α-hetero) is 1. The molecule has 0 radical (unpaired) electrons. The highest BCUT2D eigenvalue weighted by molar-refractivity contribution is 6.16. The van der Waals surface area contributed by atoms with E-state index >= 15 is 0 Å². The number of hydrogen-bond acceptors (Lipinski definition) is 5. The molecule has 4 bridgehead atoms. The quantitative estimate of drug-likeness (QED) is 0.331. The molecule has 2 saturated carbocycles. The number of carbonyl (C=O) groups excluding carboxylic acids is 2. The van der Waals surface area contributed by atoms with Gasteiger partial charge in [0.2, 0.25) is 5.60 Å². The number of allylic oxidation sites excluding steroid dienone is 3. The Morgan fingerprint density at radius 2 is 1.84 bits per heavy atom. The van der Waals surface area contributed by atoms with Crippen molar-refractivity contribution in [3.05, 3.63) is 54.1 Å². The summed E-state index contributed by atoms with van der Waals surface area (Å²) >= 11 is 0. The van der Waals surface area contributed by atoms with E-state index in [-0.39, 0.29) is 41.5 Å². The number of benzene rings is 1. The number of nitrogens with one attached hydrogen (secondary N) is 1. The summed E-state index contributed by atoms with van der Waals surface area (Å²) in [6.45, 7) is 15.5. The topological polar surface area (TPSA) is 88.2 Å². The van der Waals surface area contributed by atoms with Gasteiger partial charge in [-0.15, -0.1) is 6.58 Å². The van der Waals surface area contributed by atoms with E-state index in [1.54, 1.807) is 0 Å². The van der Waals surface area contributed by atoms with Gasteiger partial charge in [-0.1, -0.05) is 57.6 Å². The smallest absolute Gasteiger partial charge is 0.265 e. The molecule has 4 heterocycles. The molecule has 6 nitrogen and oxygen atoms in total. The first-order valence-corrected chi connectivity index (χ1v) is 14.2. The van der Waals surface area contributed by atoms with Crippen molar-refractivity contribution in [1.29, 1.82) is 0 Å². The SMILES string of the molecule is C=CC1(C)C=C(C)C2C3C(Oc4ccc(cc4)CC4(O)NC(=O)C5(OC45)C(=O)C31)[C@@H]1C(C)CC(C)CC21C. The predicted octanol–water partition coefficient (Wildman–Crippen LogP) is 4.22. The fraction of sp³-hybridized carbons (Fsp3) is 0.625. The largest absolute Gasteiger partial charge is 0.490 e. The number of ketones is 1. The van der Waals surface area contributed by atoms with Gasteiger partial charge in [-0.3, -0.25) is 9.59 Å². The number of hydrogen-bond donors (Lipinski definition) is 2. The molecule has 0 spiro atoms. The van der Waals surface area contributed by atoms with Gasteiger partial charge < -0.3 is 19.9 Å². The van der Waals surface area contributed by atoms with Crippen molar-refractivity contribution in [1.82, 2.24) is 5.32 Å². The number of aliphatic hydroxyl groups is 1. The lowest BCUT2D eigenvalue weighted by atomic mass is 9.53. The minimum absolute atomic E-state index is 0.0504. The first kappa shape index (κ1) is 24.6. The van der Waals surface area contributed by atoms with Crippen molar-refractivity contribution in [3.8, 4) is 5.75 Å². The first-order chi connectivity index (χ1) is 17.9. The van der Waals surface area contributed by atoms with Crippen molar-refractivity contribution in [2.75, 3.05) is 0 Å². The van der Waals surface area contributed by atoms with Crippen LogP contribution in [0.15, 0.2) is 48.6 Å². The fourth-order valence-electron chi connectivity index (χ4n) is 10.3. The monoisotopic (exact) mass is 517 g/mol. The Kier molecular flexibility index (Phi) is 4.78. The van der Waals surface area contributed by atoms with Crippen LogP contribution in [0.5, 0.6) is 5.75 Å². The molecule has 1 aromatic rings. The van der Waals surface area contributed by atoms with E-state index in [4.69, 9.17) is 9.47 Å². The Morgan fingerprint density at radius 1 is 1.13 bits per heavy atom. The van der Waals surface area contributed by atoms with Crippen LogP contribution < -0.4 is 10.1 Å². The number of ether oxygens (including phenoxy) is 2. The molecule has 11 unspecified atom stereocenters. The zero-order valence-corrected chi connectivity index (χ0v) is 23.0. The van der Waals surface area contributed by atoms with Crippen molar-refractivity contribution in [2.45, 2.75) is 77.4 Å². The minimum atomic E-state index is -1.67. The van der Waals surface area contributed by atoms with Gasteiger partial charge in [0.05, 0.1) is 0 Å². The van der Waals surface area contributed by atoms with Gasteiger partial charge in [0.25, 0.3) is 5.91 Å². The zero-order chi connectivity index (χ0) is 27.0. The molecule has 6 heteroatoms. The molecule has 1 amide bonds. The molecular formula is C32H39NO5. The molecule has 38 heavy (non-hydrogen) atoms. The third-order valence-corrected chi connectivity index (χ3v) is 11.3. The van der Waals surface area contributed by atoms with Crippen LogP contribution in [0.3, 0.4) is 0 Å². The summed E-state index contributed by atoms with van der Waals surface area (Å²) in [4.78, 5) is 28.3. The third kappa shape index (κ3) is 2.86. The Bertz CT molecular complexity index is 1290. The summed E-state index contributed by atoms with van der Waals surface area (Å²) in [5.74, 6) is 0.686. The highest BCUT2D eigenvalue weighted by Crippen LogP contribution is 2.69. The number of morpholine rings is 1. The standard InChI is InChI=1S/C32H39NO5/c1-7-29(5)14-18(4)22-21-24(29)26(34)32-27(38-32)31(36,33-28(32)35)15-19-8-10-20(11-9-19)37-25(21)23-17(3)12-16(2)13-30(22,23)6/h7-11,14,16-17,21-25,27,36H,1,12-13,15H2,2-6H3,(H,33,35)/t16?,17?,21?,22?,23-,24?,25?,27?,29?,30?,31?,32?/m0/s1. The van der Waals surface area contributed by atoms with E-state index in [2.05, 4.69) is 52.6 Å². The van der Waals surface area contributed by atoms with Gasteiger partial charge in [0, 0.05) is 29.6 Å². The van der Waals surface area contributed by atoms with Crippen LogP contribution >= 0.6 is 0 Å². The van der Waals surface area contributed by atoms with E-state index in [0.29, 0.717) is 11.8 Å². The number of rotatable bonds is 1. The Balaban J connectivity index is 1.48. The molecule has 0 aromatic heterocycles. The normalized spacial score (nSPS) is 52.2. The molecule has 202 valence electrons. The maximum absolute atomic E-state index is 14.8. The van der Waals surface area contributed by atoms with Crippen LogP contribution in [0.4, 0.5) is 0 Å². The summed E-state index contributed by atoms with van der Waals surface area (Å²) < 4.78 is 13.0. The van der Waals surface area contributed by atoms with Gasteiger partial charge in [-0.2, -0.15) is 0 Å². The number of carbonyl (C=O) groups is 2. The Hall–Kier alpha value is -2.44. The summed E-state index contributed by atoms with van der Waals surface area (Å²) in [6, 6.07) is 7.81. The molecule has 4 fully saturated rings. The predicted molar refractivity (Wildman–Crippen MR) is 142 cm³/mol. The van der Waals surface area contributed by atoms with Gasteiger partial charge in [-0.05, 0) is 60.6 Å². The highest BCUT2D eigenvalue weighted by atomic mass is 16.6. The molecule has 7 aliphatic rings. The van der Waals surface area contributed by atoms with E-state index in [1.165, 1.54) is 5.57 Å². The average molecular weight is 518 g/mol. The molecule has 4 aliphatic heterocycles. The summed E-state index contributed by atoms with van der Waals surface area (Å²) in [6.07, 6.45) is 5.33. The van der Waals surface area contributed by atoms with Crippen molar-refractivity contribution >= 4 is 11.7 Å². The van der Waals surface area contributed by atoms with Gasteiger partial charge >= 0.3 is 0 Å². The highest BCUT2D eigenvalue weighted by Gasteiger charge is 2.82. The van der Waals surface area contributed by atoms with Gasteiger partial charge in [0.1, 0.15) is 11.9 Å². The van der Waals surface area contributed by atoms with Crippen molar-refractivity contribution < 1.29 is 24.2 Å². The van der Waals surface area contributed by atoms with Crippen LogP contribution in [-0.4, -0.2) is 40.3 Å². The Labute approximate surface area is 224 Å². The number of epoxide rings is 1. The zero-order valence-electron chi connectivity index (χ0n) is 23.0. The maximum Gasteiger partial charge on any atom is 0.265 e. The molecular weight excluding hydrogens is 478 g/mol. The van der Waals surface area contributed by atoms with Crippen LogP contribution in [0.2, 0.25) is 0 Å². The fourth-order valence-corrected chi connectivity index (χ4v) is 10.3. The minimum Gasteiger partial charge on any atom is -0.490 e. The molecule has 8 rings (SSSR count). The molecule has 3 aliphatic carbocycles. The molecule has 2 N–H and O–H groups in total. The summed E-state index contributed by atoms with van der Waals surface area (Å²) in [7, 11) is 0. The Morgan fingerprint density at radius 3 is 2.50 bits per heavy atom. The third-order valence-electron chi connectivity index (χ3n) is 11.3. The summed E-state index contributed by atoms with van der Waals surface area (Å²) in [5.41, 5.74) is -1.91. The van der Waals surface area contributed by atoms with Crippen molar-refractivity contribution in [3.63, 3.8) is 0 Å². The van der Waals surface area contributed by atoms with Crippen LogP contribution in [0.25, 0.3) is 0 Å². The molecule has 12 atom stereocenters. The van der Waals surface area contributed by atoms with Crippen LogP contribution in [-0.2, 0) is 20.7 Å². The van der Waals surface area contributed by atoms with E-state index in [9.17, 15) is 14.7 Å². The number of fused-ring (bicyclic) bond motifs is 4. The van der Waals surface area contributed by atoms with E-state index in [0.717, 1.165) is 24.2 Å². The lowest BCUT2D eigenvalue weighted by Crippen LogP contribution is -2.54. The second-order valence-electron chi connectivity index (χ2n) is 13.9. The van der Waals surface area contributed by atoms with Crippen LogP contribution in [0, 0.1) is 46.3 Å². The average Bonchev–Trinajstić information content (AvgIpc) is 3.50. The van der Waals surface area contributed by atoms with E-state index in [1.807, 2.05) is 30.3 Å². The van der Waals surface area contributed by atoms with Crippen molar-refractivity contribution in [2.24, 2.45) is 46.3 Å². The summed E-state index contributed by atoms with van der Waals surface area (Å²) in [5, 5.41) is 14.3. The molecule has 1 aromatic carbocycles. The second-order valence-corrected chi connectivity index (χ2v) is 13.9. The lowest BCUT2D eigenvalue weighted by Gasteiger charge is -2.50. The van der Waals surface area contributed by atoms with Gasteiger partial charge in [0.15, 0.2) is 17.6 Å². The van der Waals surface area contributed by atoms with E-state index < -0.39 is 34.7 Å². The van der Waals surface area contributed by atoms with Crippen LogP contribution in [0.1, 0.15) is 53.0 Å². The first-order valence-electron chi connectivity index (χ1n) is 14.2. The number of amides is 1. The van der Waals surface area contributed by atoms with Gasteiger partial charge in [-0.25, -0.2) is 0 Å². The molecule has 2 saturated heterocycles. The second kappa shape index (κ2) is 7.39. The maximum atomic E-state index is 14.8.